The van der Waals surface area contributed by atoms with Crippen molar-refractivity contribution in [1.29, 1.82) is 0 Å². The molecule has 1 N–H and O–H groups in total. The van der Waals surface area contributed by atoms with Crippen LogP contribution in [0.1, 0.15) is 6.92 Å². The number of carbonyl (C=O) groups is 2. The van der Waals surface area contributed by atoms with Crippen LogP contribution in [0.25, 0.3) is 0 Å². The maximum atomic E-state index is 13.8. The number of hydrogen-bond donors (Lipinski definition) is 1. The molecule has 0 spiro atoms. The Kier molecular flexibility index (Phi) is 3.02. The van der Waals surface area contributed by atoms with Crippen molar-refractivity contribution in [3.8, 4) is 0 Å². The summed E-state index contributed by atoms with van der Waals surface area (Å²) in [6.45, 7) is 1.40. The van der Waals surface area contributed by atoms with E-state index in [4.69, 9.17) is 11.6 Å². The van der Waals surface area contributed by atoms with Gasteiger partial charge in [-0.2, -0.15) is 0 Å². The van der Waals surface area contributed by atoms with E-state index in [1.54, 1.807) is 0 Å². The number of nitrogens with one attached hydrogen (secondary N) is 1. The number of carbonyl (C=O) groups excluding carboxylic acids is 2. The number of piperazine rings is 1. The fraction of sp³-hybridized carbons (Fsp3) is 0.273. The largest absolute Gasteiger partial charge is 0.345 e. The van der Waals surface area contributed by atoms with Crippen molar-refractivity contribution in [2.24, 2.45) is 0 Å². The van der Waals surface area contributed by atoms with Crippen LogP contribution in [0, 0.1) is 5.82 Å². The molecule has 1 saturated heterocycles. The molecule has 0 bridgehead atoms. The van der Waals surface area contributed by atoms with Crippen LogP contribution in [0.3, 0.4) is 0 Å². The molecule has 17 heavy (non-hydrogen) atoms. The summed E-state index contributed by atoms with van der Waals surface area (Å²) in [4.78, 5) is 24.3. The Morgan fingerprint density at radius 1 is 1.47 bits per heavy atom. The molecule has 2 rings (SSSR count). The van der Waals surface area contributed by atoms with Gasteiger partial charge in [0.15, 0.2) is 5.82 Å². The number of nitrogens with zero attached hydrogens (tertiary/aromatic N) is 1. The van der Waals surface area contributed by atoms with Crippen molar-refractivity contribution in [3.05, 3.63) is 29.0 Å². The van der Waals surface area contributed by atoms with Gasteiger partial charge in [-0.05, 0) is 19.1 Å². The molecule has 1 aromatic carbocycles. The number of halogens is 2. The highest BCUT2D eigenvalue weighted by Gasteiger charge is 2.33. The van der Waals surface area contributed by atoms with Crippen LogP contribution in [0.5, 0.6) is 0 Å². The van der Waals surface area contributed by atoms with Crippen molar-refractivity contribution in [2.75, 3.05) is 11.4 Å². The van der Waals surface area contributed by atoms with E-state index in [0.717, 1.165) is 4.90 Å². The average molecular weight is 257 g/mol. The maximum absolute atomic E-state index is 13.8. The Bertz CT molecular complexity index is 492. The number of anilines is 1. The zero-order chi connectivity index (χ0) is 12.6. The van der Waals surface area contributed by atoms with E-state index in [1.165, 1.54) is 25.1 Å². The molecule has 1 aliphatic heterocycles. The number of rotatable bonds is 1. The van der Waals surface area contributed by atoms with Crippen LogP contribution in [0.4, 0.5) is 10.1 Å². The van der Waals surface area contributed by atoms with Crippen molar-refractivity contribution < 1.29 is 14.0 Å². The van der Waals surface area contributed by atoms with Gasteiger partial charge in [0.05, 0.1) is 17.3 Å². The molecule has 1 heterocycles. The van der Waals surface area contributed by atoms with Gasteiger partial charge in [0.1, 0.15) is 6.04 Å². The third-order valence-electron chi connectivity index (χ3n) is 2.64. The quantitative estimate of drug-likeness (QED) is 0.824. The summed E-state index contributed by atoms with van der Waals surface area (Å²) in [6.07, 6.45) is 0. The van der Waals surface area contributed by atoms with E-state index in [0.29, 0.717) is 0 Å². The van der Waals surface area contributed by atoms with Gasteiger partial charge >= 0.3 is 0 Å². The van der Waals surface area contributed by atoms with E-state index in [-0.39, 0.29) is 29.1 Å². The molecule has 0 aromatic heterocycles. The van der Waals surface area contributed by atoms with Crippen LogP contribution in [-0.4, -0.2) is 24.4 Å². The van der Waals surface area contributed by atoms with Crippen LogP contribution >= 0.6 is 11.6 Å². The summed E-state index contributed by atoms with van der Waals surface area (Å²) in [7, 11) is 0. The van der Waals surface area contributed by atoms with Crippen LogP contribution in [0.2, 0.25) is 5.02 Å². The molecule has 90 valence electrons. The lowest BCUT2D eigenvalue weighted by Gasteiger charge is -2.32. The van der Waals surface area contributed by atoms with E-state index < -0.39 is 11.9 Å². The van der Waals surface area contributed by atoms with Crippen LogP contribution in [0.15, 0.2) is 18.2 Å². The van der Waals surface area contributed by atoms with Crippen molar-refractivity contribution in [1.82, 2.24) is 5.32 Å². The number of hydrogen-bond acceptors (Lipinski definition) is 2. The topological polar surface area (TPSA) is 49.4 Å². The summed E-state index contributed by atoms with van der Waals surface area (Å²) in [5.41, 5.74) is 0.0323. The Balaban J connectivity index is 2.47. The Labute approximate surface area is 102 Å². The van der Waals surface area contributed by atoms with Gasteiger partial charge in [0, 0.05) is 0 Å². The molecule has 2 amide bonds. The van der Waals surface area contributed by atoms with Crippen molar-refractivity contribution in [3.63, 3.8) is 0 Å². The van der Waals surface area contributed by atoms with Gasteiger partial charge < -0.3 is 5.32 Å². The highest BCUT2D eigenvalue weighted by atomic mass is 35.5. The molecule has 1 aromatic rings. The zero-order valence-electron chi connectivity index (χ0n) is 9.04. The van der Waals surface area contributed by atoms with Gasteiger partial charge in [-0.15, -0.1) is 0 Å². The van der Waals surface area contributed by atoms with Gasteiger partial charge in [-0.25, -0.2) is 4.39 Å². The molecule has 1 atom stereocenters. The lowest BCUT2D eigenvalue weighted by Crippen LogP contribution is -2.57. The smallest absolute Gasteiger partial charge is 0.247 e. The van der Waals surface area contributed by atoms with E-state index in [1.807, 2.05) is 0 Å². The fourth-order valence-corrected chi connectivity index (χ4v) is 1.92. The van der Waals surface area contributed by atoms with Gasteiger partial charge in [0.25, 0.3) is 0 Å². The van der Waals surface area contributed by atoms with Crippen LogP contribution in [-0.2, 0) is 9.59 Å². The van der Waals surface area contributed by atoms with E-state index in [9.17, 15) is 14.0 Å². The highest BCUT2D eigenvalue weighted by molar-refractivity contribution is 6.31. The molecule has 0 saturated carbocycles. The van der Waals surface area contributed by atoms with Crippen molar-refractivity contribution in [2.45, 2.75) is 13.0 Å². The molecule has 1 fully saturated rings. The van der Waals surface area contributed by atoms with Gasteiger partial charge in [0.2, 0.25) is 11.8 Å². The molecule has 0 aliphatic carbocycles. The number of amides is 2. The fourth-order valence-electron chi connectivity index (χ4n) is 1.75. The Morgan fingerprint density at radius 3 is 2.88 bits per heavy atom. The minimum atomic E-state index is -0.746. The second-order valence-electron chi connectivity index (χ2n) is 3.73. The SMILES string of the molecule is CC1C(=O)NCC(=O)N1c1cccc(Cl)c1F. The molecule has 6 heteroatoms. The Hall–Kier alpha value is -1.62. The first kappa shape index (κ1) is 11.9. The Morgan fingerprint density at radius 2 is 2.18 bits per heavy atom. The maximum Gasteiger partial charge on any atom is 0.247 e. The summed E-state index contributed by atoms with van der Waals surface area (Å²) in [5.74, 6) is -1.37. The van der Waals surface area contributed by atoms with E-state index in [2.05, 4.69) is 5.32 Å². The second-order valence-corrected chi connectivity index (χ2v) is 4.14. The average Bonchev–Trinajstić information content (AvgIpc) is 2.30. The first-order chi connectivity index (χ1) is 8.02. The lowest BCUT2D eigenvalue weighted by molar-refractivity contribution is -0.130. The molecule has 4 nitrogen and oxygen atoms in total. The minimum absolute atomic E-state index is 0.0323. The lowest BCUT2D eigenvalue weighted by atomic mass is 10.1. The second kappa shape index (κ2) is 4.33. The standard InChI is InChI=1S/C11H10ClFN2O2/c1-6-11(17)14-5-9(16)15(6)8-4-2-3-7(12)10(8)13/h2-4,6H,5H2,1H3,(H,14,17). The molecule has 0 radical (unpaired) electrons. The molecule has 1 aliphatic rings. The van der Waals surface area contributed by atoms with E-state index >= 15 is 0 Å². The van der Waals surface area contributed by atoms with Gasteiger partial charge in [-0.3, -0.25) is 14.5 Å². The number of benzene rings is 1. The molecule has 1 unspecified atom stereocenters. The predicted molar refractivity (Wildman–Crippen MR) is 61.4 cm³/mol. The predicted octanol–water partition coefficient (Wildman–Crippen LogP) is 1.33. The highest BCUT2D eigenvalue weighted by Crippen LogP contribution is 2.27. The first-order valence-corrected chi connectivity index (χ1v) is 5.44. The minimum Gasteiger partial charge on any atom is -0.345 e. The third kappa shape index (κ3) is 1.98. The monoisotopic (exact) mass is 256 g/mol. The molecular weight excluding hydrogens is 247 g/mol. The summed E-state index contributed by atoms with van der Waals surface area (Å²) in [5, 5.41) is 2.35. The first-order valence-electron chi connectivity index (χ1n) is 5.06. The van der Waals surface area contributed by atoms with Gasteiger partial charge in [-0.1, -0.05) is 17.7 Å². The summed E-state index contributed by atoms with van der Waals surface area (Å²) in [6, 6.07) is 3.60. The summed E-state index contributed by atoms with van der Waals surface area (Å²) >= 11 is 5.65. The third-order valence-corrected chi connectivity index (χ3v) is 2.93. The molecular formula is C11H10ClFN2O2. The van der Waals surface area contributed by atoms with Crippen LogP contribution < -0.4 is 10.2 Å². The van der Waals surface area contributed by atoms with Crippen molar-refractivity contribution >= 4 is 29.1 Å². The normalized spacial score (nSPS) is 20.4. The zero-order valence-corrected chi connectivity index (χ0v) is 9.79. The summed E-state index contributed by atoms with van der Waals surface area (Å²) < 4.78 is 13.8.